The molecular weight excluding hydrogens is 409 g/mol. The molecule has 2 N–H and O–H groups in total. The maximum absolute atomic E-state index is 13.0. The third kappa shape index (κ3) is 4.11. The van der Waals surface area contributed by atoms with Crippen molar-refractivity contribution in [3.05, 3.63) is 81.0 Å². The Morgan fingerprint density at radius 1 is 1.00 bits per heavy atom. The fourth-order valence-corrected chi connectivity index (χ4v) is 3.66. The molecule has 5 nitrogen and oxygen atoms in total. The van der Waals surface area contributed by atoms with Gasteiger partial charge in [-0.2, -0.15) is 0 Å². The van der Waals surface area contributed by atoms with E-state index >= 15 is 0 Å². The number of carbonyl (C=O) groups excluding carboxylic acids is 2. The second-order valence-electron chi connectivity index (χ2n) is 6.72. The molecule has 1 aromatic heterocycles. The van der Waals surface area contributed by atoms with Crippen LogP contribution in [0.5, 0.6) is 0 Å². The second-order valence-corrected chi connectivity index (χ2v) is 7.53. The molecule has 0 aliphatic rings. The third-order valence-corrected chi connectivity index (χ3v) is 5.32. The number of rotatable bonds is 4. The largest absolute Gasteiger partial charge is 0.366 e. The van der Waals surface area contributed by atoms with Gasteiger partial charge in [-0.1, -0.05) is 35.3 Å². The van der Waals surface area contributed by atoms with Crippen molar-refractivity contribution >= 4 is 40.8 Å². The highest BCUT2D eigenvalue weighted by molar-refractivity contribution is 6.35. The Bertz CT molecular complexity index is 1110. The van der Waals surface area contributed by atoms with Crippen molar-refractivity contribution < 1.29 is 9.59 Å². The first kappa shape index (κ1) is 20.8. The average molecular weight is 428 g/mol. The maximum atomic E-state index is 13.0. The van der Waals surface area contributed by atoms with Gasteiger partial charge in [-0.3, -0.25) is 14.5 Å². The minimum absolute atomic E-state index is 0.245. The van der Waals surface area contributed by atoms with Gasteiger partial charge in [-0.25, -0.2) is 4.98 Å². The van der Waals surface area contributed by atoms with Crippen molar-refractivity contribution in [2.24, 2.45) is 5.73 Å². The number of halogens is 2. The van der Waals surface area contributed by atoms with Crippen molar-refractivity contribution in [1.82, 2.24) is 4.98 Å². The number of amides is 2. The number of aryl methyl sites for hydroxylation is 2. The van der Waals surface area contributed by atoms with Crippen LogP contribution in [0.4, 0.5) is 5.82 Å². The van der Waals surface area contributed by atoms with E-state index in [1.807, 2.05) is 26.0 Å². The number of hydrogen-bond acceptors (Lipinski definition) is 3. The minimum atomic E-state index is -0.537. The van der Waals surface area contributed by atoms with Crippen LogP contribution in [0.1, 0.15) is 31.8 Å². The summed E-state index contributed by atoms with van der Waals surface area (Å²) < 4.78 is 0. The van der Waals surface area contributed by atoms with Crippen molar-refractivity contribution in [2.45, 2.75) is 13.8 Å². The molecule has 0 unspecified atom stereocenters. The van der Waals surface area contributed by atoms with E-state index in [1.165, 1.54) is 4.90 Å². The number of hydrogen-bond donors (Lipinski definition) is 1. The Morgan fingerprint density at radius 2 is 1.72 bits per heavy atom. The fourth-order valence-electron chi connectivity index (χ4n) is 3.13. The van der Waals surface area contributed by atoms with Crippen LogP contribution in [-0.2, 0) is 0 Å². The topological polar surface area (TPSA) is 76.3 Å². The summed E-state index contributed by atoms with van der Waals surface area (Å²) in [5, 5.41) is 0.867. The molecule has 2 aromatic carbocycles. The van der Waals surface area contributed by atoms with Crippen LogP contribution >= 0.6 is 23.2 Å². The van der Waals surface area contributed by atoms with Gasteiger partial charge in [-0.15, -0.1) is 0 Å². The normalized spacial score (nSPS) is 10.7. The van der Waals surface area contributed by atoms with E-state index in [-0.39, 0.29) is 5.91 Å². The summed E-state index contributed by atoms with van der Waals surface area (Å²) in [7, 11) is 1.65. The van der Waals surface area contributed by atoms with Gasteiger partial charge in [0.1, 0.15) is 5.82 Å². The number of aromatic nitrogens is 1. The van der Waals surface area contributed by atoms with Crippen molar-refractivity contribution in [3.63, 3.8) is 0 Å². The van der Waals surface area contributed by atoms with Gasteiger partial charge in [0.25, 0.3) is 5.91 Å². The molecule has 7 heteroatoms. The van der Waals surface area contributed by atoms with Gasteiger partial charge >= 0.3 is 0 Å². The highest BCUT2D eigenvalue weighted by Gasteiger charge is 2.21. The van der Waals surface area contributed by atoms with Crippen LogP contribution in [0.25, 0.3) is 11.1 Å². The molecule has 0 aliphatic carbocycles. The van der Waals surface area contributed by atoms with Gasteiger partial charge in [0.15, 0.2) is 0 Å². The van der Waals surface area contributed by atoms with E-state index in [1.54, 1.807) is 43.6 Å². The Labute approximate surface area is 179 Å². The van der Waals surface area contributed by atoms with Gasteiger partial charge in [0.05, 0.1) is 10.6 Å². The second kappa shape index (κ2) is 8.23. The van der Waals surface area contributed by atoms with E-state index in [0.717, 1.165) is 11.1 Å². The zero-order chi connectivity index (χ0) is 21.3. The van der Waals surface area contributed by atoms with Crippen LogP contribution in [0.2, 0.25) is 10.0 Å². The number of nitrogens with two attached hydrogens (primary N) is 1. The smallest absolute Gasteiger partial charge is 0.260 e. The molecule has 0 bridgehead atoms. The average Bonchev–Trinajstić information content (AvgIpc) is 2.67. The van der Waals surface area contributed by atoms with Gasteiger partial charge < -0.3 is 5.73 Å². The molecule has 3 rings (SSSR count). The first-order valence-corrected chi connectivity index (χ1v) is 9.56. The molecule has 0 saturated heterocycles. The van der Waals surface area contributed by atoms with E-state index in [2.05, 4.69) is 4.98 Å². The van der Waals surface area contributed by atoms with Crippen molar-refractivity contribution in [3.8, 4) is 11.1 Å². The SMILES string of the molecule is Cc1cc(-c2cc(C(N)=O)ccc2Cl)cnc1N(C)C(=O)c1c(C)cccc1Cl. The van der Waals surface area contributed by atoms with E-state index < -0.39 is 5.91 Å². The fraction of sp³-hybridized carbons (Fsp3) is 0.136. The van der Waals surface area contributed by atoms with Crippen molar-refractivity contribution in [1.29, 1.82) is 0 Å². The van der Waals surface area contributed by atoms with Crippen LogP contribution in [-0.4, -0.2) is 23.8 Å². The molecule has 0 spiro atoms. The molecular formula is C22H19Cl2N3O2. The molecule has 0 atom stereocenters. The molecule has 0 saturated carbocycles. The van der Waals surface area contributed by atoms with E-state index in [0.29, 0.717) is 38.1 Å². The lowest BCUT2D eigenvalue weighted by molar-refractivity contribution is 0.0986. The molecule has 2 amide bonds. The number of primary amides is 1. The van der Waals surface area contributed by atoms with E-state index in [4.69, 9.17) is 28.9 Å². The molecule has 29 heavy (non-hydrogen) atoms. The Morgan fingerprint density at radius 3 is 2.34 bits per heavy atom. The lowest BCUT2D eigenvalue weighted by atomic mass is 10.0. The highest BCUT2D eigenvalue weighted by Crippen LogP contribution is 2.31. The molecule has 148 valence electrons. The molecule has 0 radical (unpaired) electrons. The minimum Gasteiger partial charge on any atom is -0.366 e. The Hall–Kier alpha value is -2.89. The van der Waals surface area contributed by atoms with Gasteiger partial charge in [-0.05, 0) is 55.3 Å². The summed E-state index contributed by atoms with van der Waals surface area (Å²) in [5.41, 5.74) is 9.08. The zero-order valence-corrected chi connectivity index (χ0v) is 17.7. The molecule has 0 fully saturated rings. The van der Waals surface area contributed by atoms with Gasteiger partial charge in [0, 0.05) is 35.0 Å². The first-order chi connectivity index (χ1) is 13.7. The number of carbonyl (C=O) groups is 2. The summed E-state index contributed by atoms with van der Waals surface area (Å²) in [6.07, 6.45) is 1.61. The first-order valence-electron chi connectivity index (χ1n) is 8.80. The summed E-state index contributed by atoms with van der Waals surface area (Å²) >= 11 is 12.5. The number of anilines is 1. The summed E-state index contributed by atoms with van der Waals surface area (Å²) in [6, 6.07) is 12.0. The quantitative estimate of drug-likeness (QED) is 0.632. The summed E-state index contributed by atoms with van der Waals surface area (Å²) in [5.74, 6) is -0.282. The Balaban J connectivity index is 1.99. The maximum Gasteiger partial charge on any atom is 0.260 e. The van der Waals surface area contributed by atoms with E-state index in [9.17, 15) is 9.59 Å². The number of pyridine rings is 1. The van der Waals surface area contributed by atoms with Gasteiger partial charge in [0.2, 0.25) is 5.91 Å². The van der Waals surface area contributed by atoms with Crippen LogP contribution in [0.3, 0.4) is 0 Å². The van der Waals surface area contributed by atoms with Crippen LogP contribution < -0.4 is 10.6 Å². The highest BCUT2D eigenvalue weighted by atomic mass is 35.5. The molecule has 0 aliphatic heterocycles. The summed E-state index contributed by atoms with van der Waals surface area (Å²) in [4.78, 5) is 30.4. The zero-order valence-electron chi connectivity index (χ0n) is 16.2. The predicted molar refractivity (Wildman–Crippen MR) is 117 cm³/mol. The van der Waals surface area contributed by atoms with Crippen LogP contribution in [0, 0.1) is 13.8 Å². The summed E-state index contributed by atoms with van der Waals surface area (Å²) in [6.45, 7) is 3.69. The predicted octanol–water partition coefficient (Wildman–Crippen LogP) is 5.05. The number of nitrogens with zero attached hydrogens (tertiary/aromatic N) is 2. The monoisotopic (exact) mass is 427 g/mol. The Kier molecular flexibility index (Phi) is 5.91. The van der Waals surface area contributed by atoms with Crippen molar-refractivity contribution in [2.75, 3.05) is 11.9 Å². The van der Waals surface area contributed by atoms with Crippen LogP contribution in [0.15, 0.2) is 48.7 Å². The number of benzene rings is 2. The lowest BCUT2D eigenvalue weighted by Gasteiger charge is -2.20. The third-order valence-electron chi connectivity index (χ3n) is 4.67. The molecule has 1 heterocycles. The standard InChI is InChI=1S/C22H19Cl2N3O2/c1-12-5-4-6-18(24)19(12)22(29)27(3)21-13(2)9-15(11-26-21)16-10-14(20(25)28)7-8-17(16)23/h4-11H,1-3H3,(H2,25,28). The molecule has 3 aromatic rings. The lowest BCUT2D eigenvalue weighted by Crippen LogP contribution is -2.28.